The smallest absolute Gasteiger partial charge is 0.230 e. The Bertz CT molecular complexity index is 605. The van der Waals surface area contributed by atoms with E-state index in [1.54, 1.807) is 13.8 Å². The summed E-state index contributed by atoms with van der Waals surface area (Å²) in [4.78, 5) is 23.0. The standard InChI is InChI=1S/C16H23N5OS/c1-4-21-7-5-13(6-8-21)20-15(22)10-23-16-14(9-17)11(2)18-12(3)19-16/h13H,4-8,10H2,1-3H3,(H,20,22). The van der Waals surface area contributed by atoms with Crippen LogP contribution in [0.3, 0.4) is 0 Å². The molecule has 1 aliphatic heterocycles. The topological polar surface area (TPSA) is 81.9 Å². The summed E-state index contributed by atoms with van der Waals surface area (Å²) in [5.41, 5.74) is 1.12. The highest BCUT2D eigenvalue weighted by atomic mass is 32.2. The zero-order chi connectivity index (χ0) is 16.8. The van der Waals surface area contributed by atoms with Crippen LogP contribution in [0.4, 0.5) is 0 Å². The Kier molecular flexibility index (Phi) is 6.37. The number of carbonyl (C=O) groups excluding carboxylic acids is 1. The fourth-order valence-electron chi connectivity index (χ4n) is 2.71. The van der Waals surface area contributed by atoms with Crippen molar-refractivity contribution in [1.29, 1.82) is 5.26 Å². The van der Waals surface area contributed by atoms with E-state index < -0.39 is 0 Å². The lowest BCUT2D eigenvalue weighted by Crippen LogP contribution is -2.45. The van der Waals surface area contributed by atoms with E-state index in [-0.39, 0.29) is 17.7 Å². The predicted octanol–water partition coefficient (Wildman–Crippen LogP) is 1.66. The summed E-state index contributed by atoms with van der Waals surface area (Å²) < 4.78 is 0. The Morgan fingerprint density at radius 2 is 2.09 bits per heavy atom. The van der Waals surface area contributed by atoms with Crippen molar-refractivity contribution in [2.75, 3.05) is 25.4 Å². The number of hydrogen-bond acceptors (Lipinski definition) is 6. The molecule has 124 valence electrons. The Morgan fingerprint density at radius 3 is 2.70 bits per heavy atom. The predicted molar refractivity (Wildman–Crippen MR) is 90.2 cm³/mol. The van der Waals surface area contributed by atoms with Crippen molar-refractivity contribution in [3.05, 3.63) is 17.1 Å². The molecule has 0 spiro atoms. The zero-order valence-electron chi connectivity index (χ0n) is 13.9. The van der Waals surface area contributed by atoms with Gasteiger partial charge in [-0.1, -0.05) is 18.7 Å². The number of rotatable bonds is 5. The van der Waals surface area contributed by atoms with Crippen LogP contribution in [0.25, 0.3) is 0 Å². The Morgan fingerprint density at radius 1 is 1.39 bits per heavy atom. The van der Waals surface area contributed by atoms with Crippen LogP contribution in [0.1, 0.15) is 36.8 Å². The summed E-state index contributed by atoms with van der Waals surface area (Å²) >= 11 is 1.31. The van der Waals surface area contributed by atoms with Gasteiger partial charge in [-0.2, -0.15) is 5.26 Å². The molecule has 1 N–H and O–H groups in total. The highest BCUT2D eigenvalue weighted by Gasteiger charge is 2.20. The van der Waals surface area contributed by atoms with Gasteiger partial charge in [0.25, 0.3) is 0 Å². The molecule has 0 atom stereocenters. The first-order valence-corrected chi connectivity index (χ1v) is 8.92. The van der Waals surface area contributed by atoms with Gasteiger partial charge in [0.1, 0.15) is 22.5 Å². The third-order valence-corrected chi connectivity index (χ3v) is 5.00. The van der Waals surface area contributed by atoms with Gasteiger partial charge in [-0.3, -0.25) is 4.79 Å². The van der Waals surface area contributed by atoms with Gasteiger partial charge < -0.3 is 10.2 Å². The number of amides is 1. The normalized spacial score (nSPS) is 16.1. The van der Waals surface area contributed by atoms with E-state index in [1.165, 1.54) is 11.8 Å². The number of nitrogens with one attached hydrogen (secondary N) is 1. The van der Waals surface area contributed by atoms with E-state index in [0.29, 0.717) is 22.1 Å². The molecule has 0 radical (unpaired) electrons. The number of aromatic nitrogens is 2. The van der Waals surface area contributed by atoms with Crippen molar-refractivity contribution in [2.45, 2.75) is 44.7 Å². The molecule has 1 fully saturated rings. The van der Waals surface area contributed by atoms with Crippen molar-refractivity contribution >= 4 is 17.7 Å². The highest BCUT2D eigenvalue weighted by Crippen LogP contribution is 2.22. The molecule has 1 aliphatic rings. The average Bonchev–Trinajstić information content (AvgIpc) is 2.53. The largest absolute Gasteiger partial charge is 0.353 e. The minimum atomic E-state index is 0.00255. The first-order chi connectivity index (χ1) is 11.0. The van der Waals surface area contributed by atoms with Gasteiger partial charge in [-0.05, 0) is 33.2 Å². The van der Waals surface area contributed by atoms with E-state index >= 15 is 0 Å². The van der Waals surface area contributed by atoms with Crippen molar-refractivity contribution in [2.24, 2.45) is 0 Å². The van der Waals surface area contributed by atoms with E-state index in [4.69, 9.17) is 0 Å². The Hall–Kier alpha value is -1.65. The summed E-state index contributed by atoms with van der Waals surface area (Å²) in [6.07, 6.45) is 2.00. The second-order valence-corrected chi connectivity index (χ2v) is 6.68. The molecule has 2 rings (SSSR count). The minimum absolute atomic E-state index is 0.00255. The average molecular weight is 333 g/mol. The quantitative estimate of drug-likeness (QED) is 0.652. The number of carbonyl (C=O) groups is 1. The van der Waals surface area contributed by atoms with Crippen LogP contribution in [0.15, 0.2) is 5.03 Å². The van der Waals surface area contributed by atoms with E-state index in [2.05, 4.69) is 33.2 Å². The fraction of sp³-hybridized carbons (Fsp3) is 0.625. The van der Waals surface area contributed by atoms with Crippen LogP contribution < -0.4 is 5.32 Å². The molecular formula is C16H23N5OS. The number of thioether (sulfide) groups is 1. The number of likely N-dealkylation sites (tertiary alicyclic amines) is 1. The summed E-state index contributed by atoms with van der Waals surface area (Å²) in [6.45, 7) is 8.89. The molecule has 0 aliphatic carbocycles. The molecule has 1 saturated heterocycles. The van der Waals surface area contributed by atoms with E-state index in [1.807, 2.05) is 0 Å². The molecule has 1 aromatic heterocycles. The Labute approximate surface area is 141 Å². The molecule has 0 aromatic carbocycles. The zero-order valence-corrected chi connectivity index (χ0v) is 14.7. The van der Waals surface area contributed by atoms with Gasteiger partial charge in [0.15, 0.2) is 0 Å². The number of piperidine rings is 1. The second-order valence-electron chi connectivity index (χ2n) is 5.71. The van der Waals surface area contributed by atoms with Crippen LogP contribution in [0.2, 0.25) is 0 Å². The maximum Gasteiger partial charge on any atom is 0.230 e. The van der Waals surface area contributed by atoms with Crippen molar-refractivity contribution < 1.29 is 4.79 Å². The van der Waals surface area contributed by atoms with Crippen LogP contribution in [0, 0.1) is 25.2 Å². The maximum absolute atomic E-state index is 12.1. The molecule has 1 amide bonds. The minimum Gasteiger partial charge on any atom is -0.353 e. The molecular weight excluding hydrogens is 310 g/mol. The van der Waals surface area contributed by atoms with Crippen LogP contribution >= 0.6 is 11.8 Å². The van der Waals surface area contributed by atoms with Crippen LogP contribution in [-0.4, -0.2) is 52.2 Å². The van der Waals surface area contributed by atoms with Gasteiger partial charge >= 0.3 is 0 Å². The molecule has 0 unspecified atom stereocenters. The summed E-state index contributed by atoms with van der Waals surface area (Å²) in [6, 6.07) is 2.38. The monoisotopic (exact) mass is 333 g/mol. The molecule has 2 heterocycles. The fourth-order valence-corrected chi connectivity index (χ4v) is 3.60. The molecule has 23 heavy (non-hydrogen) atoms. The molecule has 1 aromatic rings. The molecule has 7 heteroatoms. The van der Waals surface area contributed by atoms with E-state index in [9.17, 15) is 10.1 Å². The molecule has 0 bridgehead atoms. The van der Waals surface area contributed by atoms with Crippen LogP contribution in [-0.2, 0) is 4.79 Å². The third kappa shape index (κ3) is 4.91. The summed E-state index contributed by atoms with van der Waals surface area (Å²) in [5, 5.41) is 12.9. The highest BCUT2D eigenvalue weighted by molar-refractivity contribution is 8.00. The van der Waals surface area contributed by atoms with Crippen molar-refractivity contribution in [3.8, 4) is 6.07 Å². The third-order valence-electron chi connectivity index (χ3n) is 4.02. The lowest BCUT2D eigenvalue weighted by atomic mass is 10.1. The lowest BCUT2D eigenvalue weighted by molar-refractivity contribution is -0.119. The second kappa shape index (κ2) is 8.27. The summed E-state index contributed by atoms with van der Waals surface area (Å²) in [5.74, 6) is 0.901. The number of nitrogens with zero attached hydrogens (tertiary/aromatic N) is 4. The lowest BCUT2D eigenvalue weighted by Gasteiger charge is -2.31. The SMILES string of the molecule is CCN1CCC(NC(=O)CSc2nc(C)nc(C)c2C#N)CC1. The maximum atomic E-state index is 12.1. The van der Waals surface area contributed by atoms with Gasteiger partial charge in [-0.15, -0.1) is 0 Å². The first kappa shape index (κ1) is 17.7. The van der Waals surface area contributed by atoms with Crippen LogP contribution in [0.5, 0.6) is 0 Å². The number of aryl methyl sites for hydroxylation is 2. The summed E-state index contributed by atoms with van der Waals surface area (Å²) in [7, 11) is 0. The molecule has 0 saturated carbocycles. The van der Waals surface area contributed by atoms with Crippen molar-refractivity contribution in [3.63, 3.8) is 0 Å². The van der Waals surface area contributed by atoms with E-state index in [0.717, 1.165) is 32.5 Å². The first-order valence-electron chi connectivity index (χ1n) is 7.93. The number of hydrogen-bond donors (Lipinski definition) is 1. The Balaban J connectivity index is 1.87. The van der Waals surface area contributed by atoms with Gasteiger partial charge in [0.2, 0.25) is 5.91 Å². The molecule has 6 nitrogen and oxygen atoms in total. The number of nitriles is 1. The van der Waals surface area contributed by atoms with Gasteiger partial charge in [0.05, 0.1) is 11.4 Å². The van der Waals surface area contributed by atoms with Gasteiger partial charge in [-0.25, -0.2) is 9.97 Å². The van der Waals surface area contributed by atoms with Crippen molar-refractivity contribution in [1.82, 2.24) is 20.2 Å². The van der Waals surface area contributed by atoms with Gasteiger partial charge in [0, 0.05) is 19.1 Å².